The van der Waals surface area contributed by atoms with Gasteiger partial charge in [0.1, 0.15) is 11.6 Å². The highest BCUT2D eigenvalue weighted by Gasteiger charge is 2.07. The third-order valence-corrected chi connectivity index (χ3v) is 2.78. The topological polar surface area (TPSA) is 41.3 Å². The Morgan fingerprint density at radius 3 is 2.89 bits per heavy atom. The van der Waals surface area contributed by atoms with Crippen molar-refractivity contribution in [2.75, 3.05) is 23.3 Å². The van der Waals surface area contributed by atoms with Crippen molar-refractivity contribution >= 4 is 11.5 Å². The summed E-state index contributed by atoms with van der Waals surface area (Å²) in [4.78, 5) is 6.53. The molecule has 2 rings (SSSR count). The van der Waals surface area contributed by atoms with Crippen LogP contribution in [0.25, 0.3) is 0 Å². The summed E-state index contributed by atoms with van der Waals surface area (Å²) in [6.07, 6.45) is 3.54. The van der Waals surface area contributed by atoms with E-state index in [4.69, 9.17) is 4.42 Å². The molecule has 2 aromatic heterocycles. The third kappa shape index (κ3) is 3.03. The lowest BCUT2D eigenvalue weighted by atomic mass is 10.3. The van der Waals surface area contributed by atoms with Crippen LogP contribution in [0.3, 0.4) is 0 Å². The summed E-state index contributed by atoms with van der Waals surface area (Å²) in [5.41, 5.74) is 1.15. The summed E-state index contributed by atoms with van der Waals surface area (Å²) >= 11 is 0. The number of nitrogens with zero attached hydrogens (tertiary/aromatic N) is 2. The number of anilines is 2. The van der Waals surface area contributed by atoms with E-state index in [0.717, 1.165) is 36.9 Å². The van der Waals surface area contributed by atoms with Crippen LogP contribution in [0, 0.1) is 0 Å². The molecule has 0 atom stereocenters. The van der Waals surface area contributed by atoms with Crippen molar-refractivity contribution < 1.29 is 4.42 Å². The highest BCUT2D eigenvalue weighted by Crippen LogP contribution is 2.19. The van der Waals surface area contributed by atoms with Crippen molar-refractivity contribution in [2.24, 2.45) is 0 Å². The summed E-state index contributed by atoms with van der Waals surface area (Å²) in [6, 6.07) is 8.00. The lowest BCUT2D eigenvalue weighted by molar-refractivity contribution is 0.503. The molecule has 0 radical (unpaired) electrons. The fraction of sp³-hybridized carbons (Fsp3) is 0.357. The predicted octanol–water partition coefficient (Wildman–Crippen LogP) is 3.13. The van der Waals surface area contributed by atoms with Gasteiger partial charge in [-0.1, -0.05) is 0 Å². The Morgan fingerprint density at radius 1 is 1.33 bits per heavy atom. The number of furan rings is 1. The molecule has 0 spiro atoms. The zero-order valence-electron chi connectivity index (χ0n) is 10.9. The van der Waals surface area contributed by atoms with Crippen LogP contribution in [0.15, 0.2) is 41.1 Å². The van der Waals surface area contributed by atoms with Gasteiger partial charge < -0.3 is 14.6 Å². The number of pyridine rings is 1. The smallest absolute Gasteiger partial charge is 0.127 e. The van der Waals surface area contributed by atoms with Crippen LogP contribution in [0.2, 0.25) is 0 Å². The second-order valence-corrected chi connectivity index (χ2v) is 4.02. The molecule has 0 aliphatic carbocycles. The van der Waals surface area contributed by atoms with Crippen molar-refractivity contribution in [3.63, 3.8) is 0 Å². The average molecular weight is 245 g/mol. The largest absolute Gasteiger partial charge is 0.467 e. The number of rotatable bonds is 6. The molecule has 0 aliphatic heterocycles. The number of hydrogen-bond acceptors (Lipinski definition) is 4. The van der Waals surface area contributed by atoms with Crippen molar-refractivity contribution in [1.29, 1.82) is 0 Å². The maximum Gasteiger partial charge on any atom is 0.127 e. The number of nitrogens with one attached hydrogen (secondary N) is 1. The Labute approximate surface area is 108 Å². The van der Waals surface area contributed by atoms with Crippen LogP contribution in [0.1, 0.15) is 19.6 Å². The summed E-state index contributed by atoms with van der Waals surface area (Å²) in [5, 5.41) is 3.22. The molecule has 0 unspecified atom stereocenters. The van der Waals surface area contributed by atoms with E-state index in [2.05, 4.69) is 35.1 Å². The Hall–Kier alpha value is -1.97. The van der Waals surface area contributed by atoms with Gasteiger partial charge in [0, 0.05) is 31.0 Å². The molecule has 0 fully saturated rings. The monoisotopic (exact) mass is 245 g/mol. The van der Waals surface area contributed by atoms with Gasteiger partial charge in [0.15, 0.2) is 0 Å². The summed E-state index contributed by atoms with van der Waals surface area (Å²) < 4.78 is 5.39. The first-order valence-electron chi connectivity index (χ1n) is 6.30. The van der Waals surface area contributed by atoms with Gasteiger partial charge in [-0.15, -0.1) is 0 Å². The maximum atomic E-state index is 5.39. The van der Waals surface area contributed by atoms with Gasteiger partial charge in [0.25, 0.3) is 0 Å². The average Bonchev–Trinajstić information content (AvgIpc) is 2.89. The Balaban J connectivity index is 2.13. The highest BCUT2D eigenvalue weighted by atomic mass is 16.3. The maximum absolute atomic E-state index is 5.39. The third-order valence-electron chi connectivity index (χ3n) is 2.78. The van der Waals surface area contributed by atoms with Crippen LogP contribution in [0.5, 0.6) is 0 Å². The van der Waals surface area contributed by atoms with E-state index in [1.54, 1.807) is 6.26 Å². The molecule has 18 heavy (non-hydrogen) atoms. The number of hydrogen-bond donors (Lipinski definition) is 1. The lowest BCUT2D eigenvalue weighted by Gasteiger charge is -2.22. The van der Waals surface area contributed by atoms with Gasteiger partial charge in [-0.05, 0) is 32.0 Å². The summed E-state index contributed by atoms with van der Waals surface area (Å²) in [5.74, 6) is 1.88. The van der Waals surface area contributed by atoms with E-state index < -0.39 is 0 Å². The Bertz CT molecular complexity index is 468. The quantitative estimate of drug-likeness (QED) is 0.849. The van der Waals surface area contributed by atoms with Gasteiger partial charge >= 0.3 is 0 Å². The predicted molar refractivity (Wildman–Crippen MR) is 73.8 cm³/mol. The minimum atomic E-state index is 0.777. The van der Waals surface area contributed by atoms with E-state index >= 15 is 0 Å². The van der Waals surface area contributed by atoms with E-state index in [1.807, 2.05) is 24.4 Å². The first-order chi connectivity index (χ1) is 8.83. The van der Waals surface area contributed by atoms with E-state index in [9.17, 15) is 0 Å². The fourth-order valence-electron chi connectivity index (χ4n) is 1.87. The second kappa shape index (κ2) is 6.10. The van der Waals surface area contributed by atoms with Crippen molar-refractivity contribution in [1.82, 2.24) is 4.98 Å². The first kappa shape index (κ1) is 12.5. The molecule has 1 N–H and O–H groups in total. The zero-order chi connectivity index (χ0) is 12.8. The zero-order valence-corrected chi connectivity index (χ0v) is 10.9. The highest BCUT2D eigenvalue weighted by molar-refractivity contribution is 5.53. The molecule has 96 valence electrons. The minimum Gasteiger partial charge on any atom is -0.467 e. The molecule has 2 heterocycles. The van der Waals surface area contributed by atoms with Gasteiger partial charge in [-0.3, -0.25) is 0 Å². The van der Waals surface area contributed by atoms with Gasteiger partial charge in [-0.2, -0.15) is 0 Å². The van der Waals surface area contributed by atoms with Crippen molar-refractivity contribution in [3.8, 4) is 0 Å². The number of aromatic nitrogens is 1. The van der Waals surface area contributed by atoms with Crippen LogP contribution in [-0.4, -0.2) is 18.1 Å². The molecule has 0 bridgehead atoms. The molecule has 0 saturated heterocycles. The van der Waals surface area contributed by atoms with Gasteiger partial charge in [0.2, 0.25) is 0 Å². The molecule has 2 aromatic rings. The van der Waals surface area contributed by atoms with E-state index in [0.29, 0.717) is 0 Å². The van der Waals surface area contributed by atoms with Crippen molar-refractivity contribution in [2.45, 2.75) is 20.4 Å². The van der Waals surface area contributed by atoms with Gasteiger partial charge in [-0.25, -0.2) is 4.98 Å². The normalized spacial score (nSPS) is 10.3. The summed E-state index contributed by atoms with van der Waals surface area (Å²) in [7, 11) is 0. The molecule has 4 heteroatoms. The fourth-order valence-corrected chi connectivity index (χ4v) is 1.87. The Morgan fingerprint density at radius 2 is 2.22 bits per heavy atom. The molecule has 0 saturated carbocycles. The van der Waals surface area contributed by atoms with Gasteiger partial charge in [0.05, 0.1) is 12.8 Å². The molecule has 0 amide bonds. The van der Waals surface area contributed by atoms with E-state index in [-0.39, 0.29) is 0 Å². The second-order valence-electron chi connectivity index (χ2n) is 4.02. The van der Waals surface area contributed by atoms with Crippen LogP contribution in [-0.2, 0) is 6.54 Å². The standard InChI is InChI=1S/C14H19N3O/c1-3-15-14-10-12(7-8-16-14)17(4-2)11-13-6-5-9-18-13/h5-10H,3-4,11H2,1-2H3,(H,15,16). The summed E-state index contributed by atoms with van der Waals surface area (Å²) in [6.45, 7) is 6.78. The van der Waals surface area contributed by atoms with Crippen LogP contribution < -0.4 is 10.2 Å². The molecular weight excluding hydrogens is 226 g/mol. The van der Waals surface area contributed by atoms with Crippen molar-refractivity contribution in [3.05, 3.63) is 42.5 Å². The Kier molecular flexibility index (Phi) is 4.23. The molecular formula is C14H19N3O. The van der Waals surface area contributed by atoms with Crippen LogP contribution in [0.4, 0.5) is 11.5 Å². The van der Waals surface area contributed by atoms with Crippen LogP contribution >= 0.6 is 0 Å². The first-order valence-corrected chi connectivity index (χ1v) is 6.30. The molecule has 0 aromatic carbocycles. The molecule has 0 aliphatic rings. The van der Waals surface area contributed by atoms with E-state index in [1.165, 1.54) is 0 Å². The molecule has 4 nitrogen and oxygen atoms in total. The minimum absolute atomic E-state index is 0.777. The lowest BCUT2D eigenvalue weighted by Crippen LogP contribution is -2.21. The SMILES string of the molecule is CCNc1cc(N(CC)Cc2ccco2)ccn1.